The Morgan fingerprint density at radius 1 is 1.26 bits per heavy atom. The Bertz CT molecular complexity index is 507. The summed E-state index contributed by atoms with van der Waals surface area (Å²) in [5, 5.41) is 3.53. The van der Waals surface area contributed by atoms with Gasteiger partial charge in [0, 0.05) is 26.4 Å². The zero-order valence-corrected chi connectivity index (χ0v) is 11.0. The van der Waals surface area contributed by atoms with Gasteiger partial charge in [-0.15, -0.1) is 0 Å². The molecule has 0 aromatic heterocycles. The highest BCUT2D eigenvalue weighted by atomic mass is 16.1. The summed E-state index contributed by atoms with van der Waals surface area (Å²) in [6, 6.07) is 10.2. The minimum absolute atomic E-state index is 0. The number of rotatable bonds is 4. The van der Waals surface area contributed by atoms with Gasteiger partial charge < -0.3 is 5.32 Å². The Morgan fingerprint density at radius 2 is 2.00 bits per heavy atom. The lowest BCUT2D eigenvalue weighted by Crippen LogP contribution is -2.41. The number of carbonyl (C=O) groups excluding carboxylic acids is 1. The van der Waals surface area contributed by atoms with Crippen LogP contribution in [0.2, 0.25) is 0 Å². The van der Waals surface area contributed by atoms with Crippen LogP contribution in [0.3, 0.4) is 0 Å². The number of nitrogens with one attached hydrogen (secondary N) is 1. The quantitative estimate of drug-likeness (QED) is 0.833. The summed E-state index contributed by atoms with van der Waals surface area (Å²) in [5.41, 5.74) is 2.17. The van der Waals surface area contributed by atoms with Crippen LogP contribution in [0.1, 0.15) is 25.9 Å². The van der Waals surface area contributed by atoms with Crippen molar-refractivity contribution in [1.82, 2.24) is 5.32 Å². The van der Waals surface area contributed by atoms with Crippen molar-refractivity contribution in [3.63, 3.8) is 0 Å². The van der Waals surface area contributed by atoms with Crippen LogP contribution in [0.4, 0.5) is 0 Å². The summed E-state index contributed by atoms with van der Waals surface area (Å²) >= 11 is 0. The van der Waals surface area contributed by atoms with E-state index in [0.29, 0.717) is 12.8 Å². The molecule has 1 saturated heterocycles. The zero-order chi connectivity index (χ0) is 13.7. The van der Waals surface area contributed by atoms with Gasteiger partial charge in [0.25, 0.3) is 0 Å². The molecule has 0 saturated carbocycles. The number of hydrogen-bond donors (Lipinski definition) is 1. The molecule has 1 fully saturated rings. The first-order chi connectivity index (χ1) is 9.24. The van der Waals surface area contributed by atoms with Crippen LogP contribution in [0.15, 0.2) is 67.3 Å². The van der Waals surface area contributed by atoms with Gasteiger partial charge in [-0.05, 0) is 11.1 Å². The monoisotopic (exact) mass is 255 g/mol. The fourth-order valence-electron chi connectivity index (χ4n) is 2.48. The van der Waals surface area contributed by atoms with E-state index in [0.717, 1.165) is 11.1 Å². The fraction of sp³-hybridized carbons (Fsp3) is 0.235. The van der Waals surface area contributed by atoms with Crippen molar-refractivity contribution in [2.24, 2.45) is 0 Å². The van der Waals surface area contributed by atoms with Crippen LogP contribution < -0.4 is 5.32 Å². The van der Waals surface area contributed by atoms with E-state index in [4.69, 9.17) is 0 Å². The van der Waals surface area contributed by atoms with Crippen molar-refractivity contribution in [1.29, 1.82) is 0 Å². The molecule has 2 atom stereocenters. The molecule has 0 bridgehead atoms. The average Bonchev–Trinajstić information content (AvgIpc) is 2.45. The molecule has 1 heterocycles. The number of piperidine rings is 1. The Morgan fingerprint density at radius 3 is 2.63 bits per heavy atom. The minimum Gasteiger partial charge on any atom is -0.302 e. The summed E-state index contributed by atoms with van der Waals surface area (Å²) in [6.07, 6.45) is 6.51. The minimum atomic E-state index is 0. The van der Waals surface area contributed by atoms with Crippen LogP contribution in [0.5, 0.6) is 0 Å². The van der Waals surface area contributed by atoms with Crippen molar-refractivity contribution in [3.05, 3.63) is 72.9 Å². The van der Waals surface area contributed by atoms with E-state index >= 15 is 0 Å². The van der Waals surface area contributed by atoms with Gasteiger partial charge in [-0.1, -0.05) is 61.7 Å². The normalized spacial score (nSPS) is 24.0. The number of carbonyl (C=O) groups is 1. The van der Waals surface area contributed by atoms with Crippen molar-refractivity contribution in [3.8, 4) is 0 Å². The highest BCUT2D eigenvalue weighted by Crippen LogP contribution is 2.26. The molecule has 1 aliphatic rings. The smallest absolute Gasteiger partial charge is 0.136 e. The first-order valence-corrected chi connectivity index (χ1v) is 6.52. The van der Waals surface area contributed by atoms with Crippen LogP contribution in [-0.2, 0) is 4.79 Å². The predicted molar refractivity (Wildman–Crippen MR) is 80.9 cm³/mol. The van der Waals surface area contributed by atoms with Gasteiger partial charge in [-0.25, -0.2) is 0 Å². The largest absolute Gasteiger partial charge is 0.302 e. The lowest BCUT2D eigenvalue weighted by Gasteiger charge is -2.31. The van der Waals surface area contributed by atoms with E-state index in [-0.39, 0.29) is 19.3 Å². The predicted octanol–water partition coefficient (Wildman–Crippen LogP) is 3.59. The zero-order valence-electron chi connectivity index (χ0n) is 11.0. The Kier molecular flexibility index (Phi) is 4.48. The molecule has 0 amide bonds. The second-order valence-corrected chi connectivity index (χ2v) is 4.74. The first-order valence-electron chi connectivity index (χ1n) is 6.52. The first kappa shape index (κ1) is 13.5. The maximum absolute atomic E-state index is 12.0. The Labute approximate surface area is 116 Å². The summed E-state index contributed by atoms with van der Waals surface area (Å²) < 4.78 is 0. The Hall–Kier alpha value is -1.93. The molecule has 1 aromatic rings. The van der Waals surface area contributed by atoms with Crippen molar-refractivity contribution >= 4 is 5.78 Å². The van der Waals surface area contributed by atoms with Crippen LogP contribution in [-0.4, -0.2) is 11.8 Å². The number of benzene rings is 1. The molecule has 0 spiro atoms. The molecule has 0 aliphatic carbocycles. The van der Waals surface area contributed by atoms with E-state index < -0.39 is 0 Å². The summed E-state index contributed by atoms with van der Waals surface area (Å²) in [5.74, 6) is 0.286. The molecule has 2 unspecified atom stereocenters. The Balaban J connectivity index is 0.00000200. The number of Topliss-reactive ketones (excluding diaryl/α,β-unsaturated/α-hetero) is 1. The molecular weight excluding hydrogens is 234 g/mol. The second-order valence-electron chi connectivity index (χ2n) is 4.74. The molecule has 19 heavy (non-hydrogen) atoms. The van der Waals surface area contributed by atoms with E-state index in [1.807, 2.05) is 24.3 Å². The number of allylic oxidation sites excluding steroid dienone is 2. The van der Waals surface area contributed by atoms with Gasteiger partial charge >= 0.3 is 0 Å². The fourth-order valence-corrected chi connectivity index (χ4v) is 2.48. The molecule has 2 rings (SSSR count). The second kappa shape index (κ2) is 6.30. The van der Waals surface area contributed by atoms with Crippen LogP contribution in [0.25, 0.3) is 0 Å². The van der Waals surface area contributed by atoms with Gasteiger partial charge in [0.15, 0.2) is 0 Å². The summed E-state index contributed by atoms with van der Waals surface area (Å²) in [4.78, 5) is 12.0. The van der Waals surface area contributed by atoms with Gasteiger partial charge in [0.05, 0.1) is 0 Å². The maximum atomic E-state index is 12.0. The van der Waals surface area contributed by atoms with Gasteiger partial charge in [0.1, 0.15) is 5.78 Å². The number of ketones is 1. The van der Waals surface area contributed by atoms with Gasteiger partial charge in [0.2, 0.25) is 0 Å². The van der Waals surface area contributed by atoms with Crippen molar-refractivity contribution in [2.75, 3.05) is 0 Å². The van der Waals surface area contributed by atoms with Crippen molar-refractivity contribution < 1.29 is 6.22 Å². The van der Waals surface area contributed by atoms with Crippen LogP contribution >= 0.6 is 0 Å². The van der Waals surface area contributed by atoms with Crippen molar-refractivity contribution in [2.45, 2.75) is 24.9 Å². The average molecular weight is 255 g/mol. The van der Waals surface area contributed by atoms with Gasteiger partial charge in [-0.2, -0.15) is 0 Å². The van der Waals surface area contributed by atoms with E-state index in [9.17, 15) is 4.79 Å². The topological polar surface area (TPSA) is 29.1 Å². The maximum Gasteiger partial charge on any atom is 0.136 e. The third-order valence-corrected chi connectivity index (χ3v) is 3.42. The molecule has 2 heteroatoms. The molecule has 100 valence electrons. The molecule has 1 aliphatic heterocycles. The molecular formula is C17H21NO. The summed E-state index contributed by atoms with van der Waals surface area (Å²) in [6.45, 7) is 7.51. The third-order valence-electron chi connectivity index (χ3n) is 3.42. The van der Waals surface area contributed by atoms with Gasteiger partial charge in [-0.3, -0.25) is 4.79 Å². The molecule has 0 radical (unpaired) electrons. The lowest BCUT2D eigenvalue weighted by molar-refractivity contribution is -0.121. The highest BCUT2D eigenvalue weighted by Gasteiger charge is 2.28. The number of hydrogen-bond acceptors (Lipinski definition) is 2. The lowest BCUT2D eigenvalue weighted by atomic mass is 9.89. The van der Waals surface area contributed by atoms with E-state index in [2.05, 4.69) is 30.6 Å². The van der Waals surface area contributed by atoms with E-state index in [1.54, 1.807) is 12.2 Å². The van der Waals surface area contributed by atoms with Crippen LogP contribution in [0, 0.1) is 0 Å². The summed E-state index contributed by atoms with van der Waals surface area (Å²) in [7, 11) is 0. The third kappa shape index (κ3) is 3.30. The highest BCUT2D eigenvalue weighted by molar-refractivity contribution is 5.81. The molecule has 1 N–H and O–H groups in total. The van der Waals surface area contributed by atoms with E-state index in [1.165, 1.54) is 0 Å². The SMILES string of the molecule is C=C/C=C(\C=C)C1CC(=O)CC(c2ccccc2)N1.[HH]. The standard InChI is InChI=1S/C17H19NO.H2/c1-3-8-13(4-2)16-11-15(19)12-17(18-16)14-9-6-5-7-10-14;/h3-10,16-18H,1-2,11-12H2;1H/b13-8+;. The molecule has 1 aromatic carbocycles. The molecule has 2 nitrogen and oxygen atoms in total.